The number of amides is 1. The third-order valence-corrected chi connectivity index (χ3v) is 5.47. The Hall–Kier alpha value is -4.91. The highest BCUT2D eigenvalue weighted by molar-refractivity contribution is 6.04. The minimum atomic E-state index is -1.15. The lowest BCUT2D eigenvalue weighted by Crippen LogP contribution is -2.26. The van der Waals surface area contributed by atoms with Crippen LogP contribution in [0.3, 0.4) is 0 Å². The van der Waals surface area contributed by atoms with Crippen LogP contribution in [0, 0.1) is 11.8 Å². The SMILES string of the molecule is CCCN(C)c1nc(Nc2ccc(C(=O)O)cc2)ncc1C#CCCCNC(=O)c1ccccc1C(=O)O. The summed E-state index contributed by atoms with van der Waals surface area (Å²) in [7, 11) is 1.92. The van der Waals surface area contributed by atoms with Gasteiger partial charge in [-0.2, -0.15) is 4.98 Å². The Labute approximate surface area is 220 Å². The van der Waals surface area contributed by atoms with Gasteiger partial charge in [0.1, 0.15) is 5.82 Å². The minimum absolute atomic E-state index is 0.0382. The third-order valence-electron chi connectivity index (χ3n) is 5.47. The second-order valence-corrected chi connectivity index (χ2v) is 8.37. The molecule has 0 aliphatic carbocycles. The zero-order valence-electron chi connectivity index (χ0n) is 21.2. The fourth-order valence-corrected chi connectivity index (χ4v) is 3.58. The van der Waals surface area contributed by atoms with E-state index in [1.54, 1.807) is 30.5 Å². The standard InChI is InChI=1S/C28H29N5O5/c1-3-17-33(2)24-20(18-30-28(32-24)31-21-14-12-19(13-15-21)26(35)36)9-5-4-8-16-29-25(34)22-10-6-7-11-23(22)27(37)38/h6-7,10-15,18H,3-4,8,16-17H2,1-2H3,(H,29,34)(H,35,36)(H,37,38)(H,30,31,32). The van der Waals surface area contributed by atoms with Crippen LogP contribution in [-0.2, 0) is 0 Å². The second-order valence-electron chi connectivity index (χ2n) is 8.37. The Morgan fingerprint density at radius 2 is 1.71 bits per heavy atom. The molecule has 0 fully saturated rings. The molecule has 0 aliphatic heterocycles. The molecule has 0 unspecified atom stereocenters. The highest BCUT2D eigenvalue weighted by Gasteiger charge is 2.15. The van der Waals surface area contributed by atoms with E-state index in [0.717, 1.165) is 13.0 Å². The number of carboxylic acid groups (broad SMARTS) is 2. The highest BCUT2D eigenvalue weighted by Crippen LogP contribution is 2.20. The third kappa shape index (κ3) is 7.54. The number of carboxylic acids is 2. The van der Waals surface area contributed by atoms with Crippen molar-refractivity contribution in [3.8, 4) is 11.8 Å². The van der Waals surface area contributed by atoms with Gasteiger partial charge < -0.3 is 25.7 Å². The Morgan fingerprint density at radius 3 is 2.37 bits per heavy atom. The largest absolute Gasteiger partial charge is 0.478 e. The van der Waals surface area contributed by atoms with Gasteiger partial charge in [-0.1, -0.05) is 30.9 Å². The summed E-state index contributed by atoms with van der Waals surface area (Å²) in [6.45, 7) is 3.18. The molecule has 2 aromatic carbocycles. The van der Waals surface area contributed by atoms with Crippen LogP contribution in [0.25, 0.3) is 0 Å². The van der Waals surface area contributed by atoms with Crippen molar-refractivity contribution in [2.75, 3.05) is 30.4 Å². The van der Waals surface area contributed by atoms with Gasteiger partial charge in [0, 0.05) is 32.2 Å². The summed E-state index contributed by atoms with van der Waals surface area (Å²) in [5.41, 5.74) is 1.59. The number of carbonyl (C=O) groups excluding carboxylic acids is 1. The molecule has 10 heteroatoms. The average Bonchev–Trinajstić information content (AvgIpc) is 2.91. The number of carbonyl (C=O) groups is 3. The van der Waals surface area contributed by atoms with E-state index in [-0.39, 0.29) is 16.7 Å². The molecule has 0 bridgehead atoms. The zero-order valence-corrected chi connectivity index (χ0v) is 21.2. The molecule has 10 nitrogen and oxygen atoms in total. The van der Waals surface area contributed by atoms with E-state index >= 15 is 0 Å². The van der Waals surface area contributed by atoms with E-state index < -0.39 is 17.8 Å². The number of rotatable bonds is 11. The summed E-state index contributed by atoms with van der Waals surface area (Å²) >= 11 is 0. The molecule has 0 saturated carbocycles. The summed E-state index contributed by atoms with van der Waals surface area (Å²) in [6.07, 6.45) is 3.65. The number of nitrogens with zero attached hydrogens (tertiary/aromatic N) is 3. The van der Waals surface area contributed by atoms with E-state index in [1.165, 1.54) is 24.3 Å². The van der Waals surface area contributed by atoms with Gasteiger partial charge in [-0.15, -0.1) is 0 Å². The number of hydrogen-bond donors (Lipinski definition) is 4. The fourth-order valence-electron chi connectivity index (χ4n) is 3.58. The number of anilines is 3. The number of aromatic nitrogens is 2. The Kier molecular flexibility index (Phi) is 9.77. The van der Waals surface area contributed by atoms with E-state index in [1.807, 2.05) is 11.9 Å². The Morgan fingerprint density at radius 1 is 1.00 bits per heavy atom. The van der Waals surface area contributed by atoms with Crippen LogP contribution in [0.5, 0.6) is 0 Å². The molecular formula is C28H29N5O5. The summed E-state index contributed by atoms with van der Waals surface area (Å²) in [6, 6.07) is 12.4. The lowest BCUT2D eigenvalue weighted by Gasteiger charge is -2.19. The average molecular weight is 516 g/mol. The molecule has 0 aliphatic rings. The maximum Gasteiger partial charge on any atom is 0.336 e. The van der Waals surface area contributed by atoms with Gasteiger partial charge in [0.05, 0.1) is 28.5 Å². The van der Waals surface area contributed by atoms with Crippen molar-refractivity contribution in [1.29, 1.82) is 0 Å². The number of benzene rings is 2. The van der Waals surface area contributed by atoms with Gasteiger partial charge in [-0.3, -0.25) is 4.79 Å². The normalized spacial score (nSPS) is 10.2. The molecule has 4 N–H and O–H groups in total. The van der Waals surface area contributed by atoms with Gasteiger partial charge in [-0.25, -0.2) is 14.6 Å². The van der Waals surface area contributed by atoms with Crippen LogP contribution in [0.15, 0.2) is 54.7 Å². The number of nitrogens with one attached hydrogen (secondary N) is 2. The molecule has 1 amide bonds. The van der Waals surface area contributed by atoms with Crippen molar-refractivity contribution in [1.82, 2.24) is 15.3 Å². The summed E-state index contributed by atoms with van der Waals surface area (Å²) < 4.78 is 0. The zero-order chi connectivity index (χ0) is 27.5. The van der Waals surface area contributed by atoms with Crippen molar-refractivity contribution in [3.05, 3.63) is 77.0 Å². The number of unbranched alkanes of at least 4 members (excludes halogenated alkanes) is 1. The fraction of sp³-hybridized carbons (Fsp3) is 0.250. The van der Waals surface area contributed by atoms with Crippen molar-refractivity contribution >= 4 is 35.3 Å². The second kappa shape index (κ2) is 13.4. The van der Waals surface area contributed by atoms with E-state index in [0.29, 0.717) is 42.4 Å². The maximum absolute atomic E-state index is 12.4. The van der Waals surface area contributed by atoms with Crippen LogP contribution in [0.2, 0.25) is 0 Å². The predicted molar refractivity (Wildman–Crippen MR) is 144 cm³/mol. The van der Waals surface area contributed by atoms with Crippen molar-refractivity contribution < 1.29 is 24.6 Å². The highest BCUT2D eigenvalue weighted by atomic mass is 16.4. The van der Waals surface area contributed by atoms with Crippen molar-refractivity contribution in [2.45, 2.75) is 26.2 Å². The van der Waals surface area contributed by atoms with Gasteiger partial charge in [0.15, 0.2) is 0 Å². The molecule has 196 valence electrons. The Bertz CT molecular complexity index is 1360. The molecule has 3 aromatic rings. The van der Waals surface area contributed by atoms with Crippen LogP contribution >= 0.6 is 0 Å². The molecule has 0 saturated heterocycles. The van der Waals surface area contributed by atoms with Gasteiger partial charge >= 0.3 is 11.9 Å². The smallest absolute Gasteiger partial charge is 0.336 e. The van der Waals surface area contributed by atoms with Gasteiger partial charge in [-0.05, 0) is 49.2 Å². The first-order valence-electron chi connectivity index (χ1n) is 12.1. The monoisotopic (exact) mass is 515 g/mol. The first-order valence-corrected chi connectivity index (χ1v) is 12.1. The number of hydrogen-bond acceptors (Lipinski definition) is 7. The van der Waals surface area contributed by atoms with Gasteiger partial charge in [0.25, 0.3) is 5.91 Å². The predicted octanol–water partition coefficient (Wildman–Crippen LogP) is 4.02. The van der Waals surface area contributed by atoms with E-state index in [9.17, 15) is 19.5 Å². The van der Waals surface area contributed by atoms with Crippen molar-refractivity contribution in [2.24, 2.45) is 0 Å². The topological polar surface area (TPSA) is 145 Å². The van der Waals surface area contributed by atoms with Crippen LogP contribution in [-0.4, -0.2) is 58.2 Å². The first kappa shape index (κ1) is 27.7. The molecular weight excluding hydrogens is 486 g/mol. The van der Waals surface area contributed by atoms with E-state index in [2.05, 4.69) is 39.4 Å². The quantitative estimate of drug-likeness (QED) is 0.220. The van der Waals surface area contributed by atoms with Gasteiger partial charge in [0.2, 0.25) is 5.95 Å². The molecule has 38 heavy (non-hydrogen) atoms. The van der Waals surface area contributed by atoms with E-state index in [4.69, 9.17) is 5.11 Å². The maximum atomic E-state index is 12.4. The van der Waals surface area contributed by atoms with Crippen LogP contribution in [0.1, 0.15) is 62.8 Å². The lowest BCUT2D eigenvalue weighted by atomic mass is 10.1. The van der Waals surface area contributed by atoms with Crippen LogP contribution in [0.4, 0.5) is 17.5 Å². The molecule has 3 rings (SSSR count). The minimum Gasteiger partial charge on any atom is -0.478 e. The molecule has 0 atom stereocenters. The Balaban J connectivity index is 1.63. The molecule has 0 spiro atoms. The lowest BCUT2D eigenvalue weighted by molar-refractivity contribution is 0.0684. The number of aromatic carboxylic acids is 2. The molecule has 1 aromatic heterocycles. The molecule has 1 heterocycles. The van der Waals surface area contributed by atoms with Crippen molar-refractivity contribution in [3.63, 3.8) is 0 Å². The van der Waals surface area contributed by atoms with Crippen LogP contribution < -0.4 is 15.5 Å². The first-order chi connectivity index (χ1) is 18.3. The summed E-state index contributed by atoms with van der Waals surface area (Å²) in [5, 5.41) is 24.1. The summed E-state index contributed by atoms with van der Waals surface area (Å²) in [4.78, 5) is 45.7. The summed E-state index contributed by atoms with van der Waals surface area (Å²) in [5.74, 6) is 4.64. The molecule has 0 radical (unpaired) electrons.